The number of unbranched alkanes of at least 4 members (excludes halogenated alkanes) is 7. The second-order valence-electron chi connectivity index (χ2n) is 12.1. The summed E-state index contributed by atoms with van der Waals surface area (Å²) in [6.07, 6.45) is 18.0. The summed E-state index contributed by atoms with van der Waals surface area (Å²) in [6, 6.07) is 0. The van der Waals surface area contributed by atoms with Crippen LogP contribution in [0.25, 0.3) is 0 Å². The first-order valence-corrected chi connectivity index (χ1v) is 16.5. The van der Waals surface area contributed by atoms with Crippen molar-refractivity contribution in [2.24, 2.45) is 17.8 Å². The van der Waals surface area contributed by atoms with E-state index in [9.17, 15) is 30.0 Å². The van der Waals surface area contributed by atoms with Gasteiger partial charge in [-0.15, -0.1) is 0 Å². The van der Waals surface area contributed by atoms with Crippen LogP contribution < -0.4 is 0 Å². The van der Waals surface area contributed by atoms with Gasteiger partial charge in [0.2, 0.25) is 0 Å². The molecule has 1 aliphatic rings. The topological polar surface area (TPSA) is 134 Å². The highest BCUT2D eigenvalue weighted by atomic mass is 16.6. The Morgan fingerprint density at radius 1 is 0.905 bits per heavy atom. The summed E-state index contributed by atoms with van der Waals surface area (Å²) in [5, 5.41) is 40.5. The maximum Gasteiger partial charge on any atom is 0.309 e. The van der Waals surface area contributed by atoms with Crippen LogP contribution in [0.15, 0.2) is 24.3 Å². The zero-order valence-corrected chi connectivity index (χ0v) is 26.5. The molecule has 0 saturated heterocycles. The van der Waals surface area contributed by atoms with Gasteiger partial charge in [0.1, 0.15) is 6.61 Å². The fourth-order valence-corrected chi connectivity index (χ4v) is 5.38. The van der Waals surface area contributed by atoms with E-state index < -0.39 is 43.0 Å². The summed E-state index contributed by atoms with van der Waals surface area (Å²) >= 11 is 0. The fourth-order valence-electron chi connectivity index (χ4n) is 5.38. The van der Waals surface area contributed by atoms with E-state index in [1.165, 1.54) is 32.1 Å². The van der Waals surface area contributed by atoms with Gasteiger partial charge >= 0.3 is 11.9 Å². The fraction of sp³-hybridized carbons (Fsp3) is 0.824. The molecular formula is C34H60O8. The van der Waals surface area contributed by atoms with Gasteiger partial charge in [0.05, 0.1) is 31.3 Å². The average Bonchev–Trinajstić information content (AvgIpc) is 3.24. The van der Waals surface area contributed by atoms with Gasteiger partial charge in [-0.3, -0.25) is 9.59 Å². The Labute approximate surface area is 254 Å². The molecule has 7 atom stereocenters. The molecule has 1 rings (SSSR count). The van der Waals surface area contributed by atoms with Crippen LogP contribution in [0.2, 0.25) is 0 Å². The van der Waals surface area contributed by atoms with Crippen LogP contribution in [0.5, 0.6) is 0 Å². The van der Waals surface area contributed by atoms with Crippen molar-refractivity contribution in [2.75, 3.05) is 13.2 Å². The van der Waals surface area contributed by atoms with Gasteiger partial charge in [0, 0.05) is 18.8 Å². The lowest BCUT2D eigenvalue weighted by Crippen LogP contribution is -2.28. The van der Waals surface area contributed by atoms with Crippen LogP contribution in [-0.2, 0) is 19.1 Å². The van der Waals surface area contributed by atoms with Crippen molar-refractivity contribution in [1.29, 1.82) is 0 Å². The highest BCUT2D eigenvalue weighted by molar-refractivity contribution is 5.71. The largest absolute Gasteiger partial charge is 0.461 e. The molecule has 8 nitrogen and oxygen atoms in total. The maximum atomic E-state index is 12.2. The Morgan fingerprint density at radius 3 is 2.29 bits per heavy atom. The standard InChI is InChI=1S/C34H60O8/c1-4-6-11-17-27(36)21-22-30-29(31(37)23-32(30)38)18-14-15-19-33(39)41-25-28(24-35)42-34(40)20-13-10-8-7-9-12-16-26(3)5-2/h14-15,21-22,26-32,35-38H,4-13,16-20,23-25H2,1-3H3/b15-14-,22-21+/t26?,27-,28+,29+,30-,31+,32-/m1/s1. The monoisotopic (exact) mass is 596 g/mol. The zero-order valence-electron chi connectivity index (χ0n) is 26.5. The number of rotatable bonds is 24. The van der Waals surface area contributed by atoms with Gasteiger partial charge in [-0.05, 0) is 31.1 Å². The van der Waals surface area contributed by atoms with E-state index in [4.69, 9.17) is 9.47 Å². The van der Waals surface area contributed by atoms with Crippen LogP contribution in [-0.4, -0.2) is 70.0 Å². The molecule has 0 aromatic heterocycles. The molecule has 0 bridgehead atoms. The lowest BCUT2D eigenvalue weighted by Gasteiger charge is -2.19. The number of esters is 2. The van der Waals surface area contributed by atoms with Crippen LogP contribution in [0, 0.1) is 17.8 Å². The highest BCUT2D eigenvalue weighted by Crippen LogP contribution is 2.36. The molecule has 0 amide bonds. The summed E-state index contributed by atoms with van der Waals surface area (Å²) in [5.41, 5.74) is 0. The van der Waals surface area contributed by atoms with Gasteiger partial charge in [-0.25, -0.2) is 0 Å². The summed E-state index contributed by atoms with van der Waals surface area (Å²) in [6.45, 7) is 6.00. The number of aliphatic hydroxyl groups is 4. The summed E-state index contributed by atoms with van der Waals surface area (Å²) in [5.74, 6) is -0.579. The van der Waals surface area contributed by atoms with Crippen LogP contribution in [0.4, 0.5) is 0 Å². The average molecular weight is 597 g/mol. The molecule has 0 aliphatic heterocycles. The molecule has 4 N–H and O–H groups in total. The quantitative estimate of drug-likeness (QED) is 0.0625. The highest BCUT2D eigenvalue weighted by Gasteiger charge is 2.39. The predicted molar refractivity (Wildman–Crippen MR) is 166 cm³/mol. The first-order chi connectivity index (χ1) is 20.2. The van der Waals surface area contributed by atoms with Crippen molar-refractivity contribution in [3.63, 3.8) is 0 Å². The number of allylic oxidation sites excluding steroid dienone is 1. The van der Waals surface area contributed by atoms with Crippen molar-refractivity contribution in [2.45, 2.75) is 148 Å². The lowest BCUT2D eigenvalue weighted by atomic mass is 9.89. The summed E-state index contributed by atoms with van der Waals surface area (Å²) < 4.78 is 10.4. The number of carbonyl (C=O) groups excluding carboxylic acids is 2. The van der Waals surface area contributed by atoms with Crippen molar-refractivity contribution in [3.8, 4) is 0 Å². The minimum absolute atomic E-state index is 0.00543. The summed E-state index contributed by atoms with van der Waals surface area (Å²) in [4.78, 5) is 24.3. The minimum atomic E-state index is -0.883. The smallest absolute Gasteiger partial charge is 0.309 e. The Hall–Kier alpha value is -1.74. The van der Waals surface area contributed by atoms with Gasteiger partial charge in [0.15, 0.2) is 6.10 Å². The van der Waals surface area contributed by atoms with E-state index in [1.54, 1.807) is 18.2 Å². The van der Waals surface area contributed by atoms with Crippen molar-refractivity contribution >= 4 is 11.9 Å². The molecule has 244 valence electrons. The van der Waals surface area contributed by atoms with E-state index in [-0.39, 0.29) is 37.7 Å². The third kappa shape index (κ3) is 17.4. The van der Waals surface area contributed by atoms with Crippen LogP contribution in [0.1, 0.15) is 124 Å². The molecule has 0 spiro atoms. The molecule has 1 saturated carbocycles. The molecule has 0 radical (unpaired) electrons. The lowest BCUT2D eigenvalue weighted by molar-refractivity contribution is -0.161. The second-order valence-corrected chi connectivity index (χ2v) is 12.1. The van der Waals surface area contributed by atoms with Crippen LogP contribution in [0.3, 0.4) is 0 Å². The maximum absolute atomic E-state index is 12.2. The van der Waals surface area contributed by atoms with E-state index in [2.05, 4.69) is 20.8 Å². The number of hydrogen-bond acceptors (Lipinski definition) is 8. The van der Waals surface area contributed by atoms with Gasteiger partial charge in [-0.1, -0.05) is 109 Å². The molecule has 0 aromatic rings. The van der Waals surface area contributed by atoms with E-state index in [0.29, 0.717) is 12.8 Å². The Morgan fingerprint density at radius 2 is 1.60 bits per heavy atom. The number of carbonyl (C=O) groups is 2. The normalized spacial score (nSPS) is 22.9. The minimum Gasteiger partial charge on any atom is -0.461 e. The number of hydrogen-bond donors (Lipinski definition) is 4. The molecule has 8 heteroatoms. The molecule has 42 heavy (non-hydrogen) atoms. The SMILES string of the molecule is CCCCC[C@@H](O)/C=C/[C@@H]1[C@H](C/C=C\CC(=O)OC[C@H](CO)OC(=O)CCCCCCCCC(C)CC)[C@@H](O)C[C@H]1O. The zero-order chi connectivity index (χ0) is 31.2. The van der Waals surface area contributed by atoms with E-state index in [0.717, 1.165) is 44.4 Å². The molecule has 0 aromatic carbocycles. The third-order valence-electron chi connectivity index (χ3n) is 8.39. The van der Waals surface area contributed by atoms with Crippen molar-refractivity contribution in [3.05, 3.63) is 24.3 Å². The van der Waals surface area contributed by atoms with E-state index >= 15 is 0 Å². The molecular weight excluding hydrogens is 536 g/mol. The number of aliphatic hydroxyl groups excluding tert-OH is 4. The predicted octanol–water partition coefficient (Wildman–Crippen LogP) is 5.79. The van der Waals surface area contributed by atoms with E-state index in [1.807, 2.05) is 6.08 Å². The molecule has 0 heterocycles. The number of ether oxygens (including phenoxy) is 2. The molecule has 1 fully saturated rings. The van der Waals surface area contributed by atoms with Gasteiger partial charge in [0.25, 0.3) is 0 Å². The second kappa shape index (κ2) is 23.7. The third-order valence-corrected chi connectivity index (χ3v) is 8.39. The Bertz CT molecular complexity index is 767. The first kappa shape index (κ1) is 38.3. The van der Waals surface area contributed by atoms with Gasteiger partial charge in [-0.2, -0.15) is 0 Å². The van der Waals surface area contributed by atoms with Crippen LogP contribution >= 0.6 is 0 Å². The molecule has 1 aliphatic carbocycles. The summed E-state index contributed by atoms with van der Waals surface area (Å²) in [7, 11) is 0. The Kier molecular flexibility index (Phi) is 21.6. The molecule has 1 unspecified atom stereocenters. The van der Waals surface area contributed by atoms with Crippen molar-refractivity contribution in [1.82, 2.24) is 0 Å². The van der Waals surface area contributed by atoms with Crippen molar-refractivity contribution < 1.29 is 39.5 Å². The Balaban J connectivity index is 2.28. The van der Waals surface area contributed by atoms with Gasteiger partial charge < -0.3 is 29.9 Å². The first-order valence-electron chi connectivity index (χ1n) is 16.5.